The third-order valence-electron chi connectivity index (χ3n) is 4.81. The lowest BCUT2D eigenvalue weighted by atomic mass is 9.84. The maximum absolute atomic E-state index is 10.4. The van der Waals surface area contributed by atoms with E-state index >= 15 is 0 Å². The molecule has 1 fully saturated rings. The molecule has 2 heterocycles. The smallest absolute Gasteiger partial charge is 0.131 e. The first kappa shape index (κ1) is 17.2. The first-order chi connectivity index (χ1) is 11.5. The molecule has 6 heteroatoms. The predicted molar refractivity (Wildman–Crippen MR) is 87.4 cm³/mol. The van der Waals surface area contributed by atoms with Gasteiger partial charge in [-0.3, -0.25) is 4.90 Å². The van der Waals surface area contributed by atoms with Crippen molar-refractivity contribution < 1.29 is 19.7 Å². The summed E-state index contributed by atoms with van der Waals surface area (Å²) < 4.78 is 12.1. The summed E-state index contributed by atoms with van der Waals surface area (Å²) in [5, 5.41) is 28.8. The van der Waals surface area contributed by atoms with Crippen LogP contribution in [0.5, 0.6) is 5.75 Å². The van der Waals surface area contributed by atoms with Crippen LogP contribution in [0.2, 0.25) is 0 Å². The summed E-state index contributed by atoms with van der Waals surface area (Å²) in [5.74, 6) is 0.715. The van der Waals surface area contributed by atoms with Gasteiger partial charge in [0.2, 0.25) is 0 Å². The molecular formula is C18H24N2O4. The third kappa shape index (κ3) is 3.01. The Labute approximate surface area is 142 Å². The van der Waals surface area contributed by atoms with Crippen LogP contribution in [0.15, 0.2) is 18.2 Å². The lowest BCUT2D eigenvalue weighted by molar-refractivity contribution is -0.149. The molecule has 0 aliphatic carbocycles. The largest absolute Gasteiger partial charge is 0.485 e. The summed E-state index contributed by atoms with van der Waals surface area (Å²) in [6, 6.07) is 7.30. The van der Waals surface area contributed by atoms with Crippen LogP contribution in [-0.4, -0.2) is 52.8 Å². The van der Waals surface area contributed by atoms with Crippen molar-refractivity contribution in [2.45, 2.75) is 50.7 Å². The number of fused-ring (bicyclic) bond motifs is 1. The van der Waals surface area contributed by atoms with E-state index in [-0.39, 0.29) is 25.4 Å². The molecule has 3 rings (SSSR count). The molecule has 1 unspecified atom stereocenters. The van der Waals surface area contributed by atoms with E-state index in [1.807, 2.05) is 30.9 Å². The second kappa shape index (κ2) is 6.69. The van der Waals surface area contributed by atoms with Gasteiger partial charge < -0.3 is 19.7 Å². The molecule has 0 aromatic heterocycles. The number of hydrogen-bond donors (Lipinski definition) is 2. The molecule has 2 aliphatic rings. The quantitative estimate of drug-likeness (QED) is 0.870. The van der Waals surface area contributed by atoms with Crippen molar-refractivity contribution in [1.82, 2.24) is 4.90 Å². The van der Waals surface area contributed by atoms with Crippen LogP contribution in [0.25, 0.3) is 0 Å². The van der Waals surface area contributed by atoms with Gasteiger partial charge >= 0.3 is 0 Å². The Morgan fingerprint density at radius 3 is 2.88 bits per heavy atom. The molecule has 0 saturated carbocycles. The van der Waals surface area contributed by atoms with E-state index in [4.69, 9.17) is 9.47 Å². The fourth-order valence-electron chi connectivity index (χ4n) is 3.75. The molecule has 1 aromatic rings. The van der Waals surface area contributed by atoms with E-state index in [9.17, 15) is 15.5 Å². The molecule has 1 aromatic carbocycles. The minimum absolute atomic E-state index is 0.0764. The lowest BCUT2D eigenvalue weighted by Crippen LogP contribution is -2.55. The molecule has 0 spiro atoms. The highest BCUT2D eigenvalue weighted by Gasteiger charge is 2.49. The highest BCUT2D eigenvalue weighted by molar-refractivity contribution is 5.46. The Balaban J connectivity index is 2.08. The number of nitriles is 1. The molecule has 24 heavy (non-hydrogen) atoms. The highest BCUT2D eigenvalue weighted by atomic mass is 16.6. The summed E-state index contributed by atoms with van der Waals surface area (Å²) >= 11 is 0. The number of nitrogens with zero attached hydrogens (tertiary/aromatic N) is 2. The summed E-state index contributed by atoms with van der Waals surface area (Å²) in [5.41, 5.74) is 0.789. The molecule has 0 radical (unpaired) electrons. The number of aliphatic hydroxyl groups is 2. The molecule has 130 valence electrons. The van der Waals surface area contributed by atoms with Crippen molar-refractivity contribution in [3.8, 4) is 11.8 Å². The van der Waals surface area contributed by atoms with Crippen molar-refractivity contribution in [3.05, 3.63) is 29.3 Å². The first-order valence-corrected chi connectivity index (χ1v) is 8.37. The SMILES string of the molecule is CC1(C)Oc2ccc(C#N)cc2[C@@H](N2CCCC2O)[C@@H]1OCCO. The Morgan fingerprint density at radius 1 is 1.46 bits per heavy atom. The van der Waals surface area contributed by atoms with Crippen molar-refractivity contribution >= 4 is 0 Å². The molecular weight excluding hydrogens is 308 g/mol. The molecule has 3 atom stereocenters. The van der Waals surface area contributed by atoms with Crippen molar-refractivity contribution in [2.75, 3.05) is 19.8 Å². The van der Waals surface area contributed by atoms with Crippen LogP contribution in [-0.2, 0) is 4.74 Å². The van der Waals surface area contributed by atoms with E-state index in [1.165, 1.54) is 0 Å². The maximum atomic E-state index is 10.4. The zero-order valence-electron chi connectivity index (χ0n) is 14.1. The van der Waals surface area contributed by atoms with Crippen molar-refractivity contribution in [2.24, 2.45) is 0 Å². The zero-order valence-corrected chi connectivity index (χ0v) is 14.1. The minimum Gasteiger partial charge on any atom is -0.485 e. The van der Waals surface area contributed by atoms with Crippen LogP contribution in [0.1, 0.15) is 43.9 Å². The Kier molecular flexibility index (Phi) is 4.79. The number of aliphatic hydroxyl groups excluding tert-OH is 2. The fraction of sp³-hybridized carbons (Fsp3) is 0.611. The van der Waals surface area contributed by atoms with Gasteiger partial charge in [0.15, 0.2) is 0 Å². The van der Waals surface area contributed by atoms with E-state index in [0.717, 1.165) is 24.9 Å². The molecule has 2 aliphatic heterocycles. The molecule has 0 amide bonds. The van der Waals surface area contributed by atoms with Crippen LogP contribution in [0.4, 0.5) is 0 Å². The molecule has 2 N–H and O–H groups in total. The monoisotopic (exact) mass is 332 g/mol. The fourth-order valence-corrected chi connectivity index (χ4v) is 3.75. The number of rotatable bonds is 4. The molecule has 6 nitrogen and oxygen atoms in total. The summed E-state index contributed by atoms with van der Waals surface area (Å²) in [6.07, 6.45) is 0.734. The lowest BCUT2D eigenvalue weighted by Gasteiger charge is -2.48. The summed E-state index contributed by atoms with van der Waals surface area (Å²) in [4.78, 5) is 2.02. The standard InChI is InChI=1S/C18H24N2O4/c1-18(2)17(23-9-8-21)16(20-7-3-4-15(20)22)13-10-12(11-19)5-6-14(13)24-18/h5-6,10,15-17,21-22H,3-4,7-9H2,1-2H3/t15?,16-,17+/m1/s1. The van der Waals surface area contributed by atoms with Gasteiger partial charge in [0.05, 0.1) is 30.9 Å². The Bertz CT molecular complexity index is 640. The van der Waals surface area contributed by atoms with Crippen LogP contribution < -0.4 is 4.74 Å². The first-order valence-electron chi connectivity index (χ1n) is 8.37. The van der Waals surface area contributed by atoms with E-state index in [2.05, 4.69) is 6.07 Å². The number of likely N-dealkylation sites (tertiary alicyclic amines) is 1. The molecule has 1 saturated heterocycles. The second-order valence-electron chi connectivity index (χ2n) is 6.89. The van der Waals surface area contributed by atoms with E-state index in [0.29, 0.717) is 11.3 Å². The van der Waals surface area contributed by atoms with Gasteiger partial charge in [-0.05, 0) is 44.9 Å². The highest BCUT2D eigenvalue weighted by Crippen LogP contribution is 2.46. The van der Waals surface area contributed by atoms with Crippen molar-refractivity contribution in [1.29, 1.82) is 5.26 Å². The van der Waals surface area contributed by atoms with Crippen LogP contribution in [0.3, 0.4) is 0 Å². The predicted octanol–water partition coefficient (Wildman–Crippen LogP) is 1.56. The number of hydrogen-bond acceptors (Lipinski definition) is 6. The van der Waals surface area contributed by atoms with Crippen LogP contribution >= 0.6 is 0 Å². The number of ether oxygens (including phenoxy) is 2. The Hall–Kier alpha value is -1.65. The van der Waals surface area contributed by atoms with Gasteiger partial charge in [-0.1, -0.05) is 0 Å². The van der Waals surface area contributed by atoms with E-state index < -0.39 is 11.8 Å². The summed E-state index contributed by atoms with van der Waals surface area (Å²) in [7, 11) is 0. The average Bonchev–Trinajstić information content (AvgIpc) is 2.97. The topological polar surface area (TPSA) is 86.0 Å². The van der Waals surface area contributed by atoms with Crippen molar-refractivity contribution in [3.63, 3.8) is 0 Å². The number of benzene rings is 1. The van der Waals surface area contributed by atoms with Gasteiger partial charge in [-0.2, -0.15) is 5.26 Å². The van der Waals surface area contributed by atoms with Gasteiger partial charge in [0.1, 0.15) is 23.7 Å². The molecule has 0 bridgehead atoms. The third-order valence-corrected chi connectivity index (χ3v) is 4.81. The summed E-state index contributed by atoms with van der Waals surface area (Å²) in [6.45, 7) is 4.78. The maximum Gasteiger partial charge on any atom is 0.131 e. The second-order valence-corrected chi connectivity index (χ2v) is 6.89. The van der Waals surface area contributed by atoms with Gasteiger partial charge in [0.25, 0.3) is 0 Å². The van der Waals surface area contributed by atoms with E-state index in [1.54, 1.807) is 6.07 Å². The van der Waals surface area contributed by atoms with Crippen LogP contribution in [0, 0.1) is 11.3 Å². The minimum atomic E-state index is -0.622. The Morgan fingerprint density at radius 2 is 2.25 bits per heavy atom. The average molecular weight is 332 g/mol. The normalized spacial score (nSPS) is 28.9. The van der Waals surface area contributed by atoms with Gasteiger partial charge in [-0.15, -0.1) is 0 Å². The van der Waals surface area contributed by atoms with Gasteiger partial charge in [-0.25, -0.2) is 0 Å². The van der Waals surface area contributed by atoms with Gasteiger partial charge in [0, 0.05) is 12.1 Å². The zero-order chi connectivity index (χ0) is 17.3.